The molecule has 0 atom stereocenters. The number of pyridine rings is 1. The van der Waals surface area contributed by atoms with Crippen molar-refractivity contribution in [2.24, 2.45) is 0 Å². The Balaban J connectivity index is 1.07. The summed E-state index contributed by atoms with van der Waals surface area (Å²) < 4.78 is 18.5. The minimum absolute atomic E-state index is 0.104. The molecule has 10 heteroatoms. The Kier molecular flexibility index (Phi) is 5.05. The van der Waals surface area contributed by atoms with Crippen LogP contribution in [-0.2, 0) is 0 Å². The number of amides is 1. The monoisotopic (exact) mass is 459 g/mol. The molecular weight excluding hydrogens is 437 g/mol. The van der Waals surface area contributed by atoms with Gasteiger partial charge < -0.3 is 14.3 Å². The first-order chi connectivity index (χ1) is 16.6. The van der Waals surface area contributed by atoms with Gasteiger partial charge in [-0.25, -0.2) is 9.37 Å². The van der Waals surface area contributed by atoms with Crippen LogP contribution in [0.3, 0.4) is 0 Å². The normalized spacial score (nSPS) is 16.1. The largest absolute Gasteiger partial charge is 0.353 e. The minimum Gasteiger partial charge on any atom is -0.353 e. The SMILES string of the molecule is O=C(c1cc(-c2ccc(F)cc2)n[nH]1)N1CCN(c2ccc(-c3noc(C4CC4)n3)cn2)CC1. The highest BCUT2D eigenvalue weighted by Gasteiger charge is 2.30. The van der Waals surface area contributed by atoms with E-state index in [0.29, 0.717) is 55.2 Å². The maximum atomic E-state index is 13.2. The van der Waals surface area contributed by atoms with Crippen LogP contribution >= 0.6 is 0 Å². The molecule has 1 aromatic carbocycles. The third-order valence-electron chi connectivity index (χ3n) is 6.21. The van der Waals surface area contributed by atoms with Gasteiger partial charge in [0.05, 0.1) is 5.69 Å². The molecule has 2 aliphatic rings. The lowest BCUT2D eigenvalue weighted by atomic mass is 10.1. The summed E-state index contributed by atoms with van der Waals surface area (Å²) in [5, 5.41) is 11.1. The molecule has 1 N–H and O–H groups in total. The molecule has 4 aromatic rings. The number of aromatic nitrogens is 5. The molecule has 0 bridgehead atoms. The number of halogens is 1. The van der Waals surface area contributed by atoms with Gasteiger partial charge in [-0.1, -0.05) is 5.16 Å². The van der Waals surface area contributed by atoms with E-state index >= 15 is 0 Å². The van der Waals surface area contributed by atoms with E-state index in [1.165, 1.54) is 12.1 Å². The van der Waals surface area contributed by atoms with Crippen LogP contribution in [0.15, 0.2) is 53.2 Å². The number of H-pyrrole nitrogens is 1. The van der Waals surface area contributed by atoms with Crippen molar-refractivity contribution in [3.05, 3.63) is 66.1 Å². The van der Waals surface area contributed by atoms with E-state index in [1.807, 2.05) is 12.1 Å². The van der Waals surface area contributed by atoms with Gasteiger partial charge in [0, 0.05) is 49.4 Å². The first kappa shape index (κ1) is 20.5. The number of aromatic amines is 1. The van der Waals surface area contributed by atoms with Gasteiger partial charge in [-0.3, -0.25) is 9.89 Å². The summed E-state index contributed by atoms with van der Waals surface area (Å²) in [5.41, 5.74) is 2.60. The third kappa shape index (κ3) is 4.02. The third-order valence-corrected chi connectivity index (χ3v) is 6.21. The maximum absolute atomic E-state index is 13.2. The van der Waals surface area contributed by atoms with Crippen LogP contribution in [0, 0.1) is 5.82 Å². The molecule has 1 saturated carbocycles. The average Bonchev–Trinajstić information content (AvgIpc) is 3.40. The van der Waals surface area contributed by atoms with Crippen molar-refractivity contribution in [1.82, 2.24) is 30.2 Å². The Bertz CT molecular complexity index is 1300. The molecule has 1 saturated heterocycles. The van der Waals surface area contributed by atoms with E-state index in [-0.39, 0.29) is 11.7 Å². The zero-order valence-corrected chi connectivity index (χ0v) is 18.3. The van der Waals surface area contributed by atoms with Gasteiger partial charge in [0.1, 0.15) is 17.3 Å². The van der Waals surface area contributed by atoms with Crippen LogP contribution in [0.4, 0.5) is 10.2 Å². The Morgan fingerprint density at radius 3 is 2.50 bits per heavy atom. The first-order valence-corrected chi connectivity index (χ1v) is 11.3. The van der Waals surface area contributed by atoms with E-state index in [4.69, 9.17) is 4.52 Å². The molecule has 4 heterocycles. The maximum Gasteiger partial charge on any atom is 0.272 e. The molecule has 9 nitrogen and oxygen atoms in total. The summed E-state index contributed by atoms with van der Waals surface area (Å²) in [6, 6.07) is 11.6. The molecule has 1 aliphatic heterocycles. The summed E-state index contributed by atoms with van der Waals surface area (Å²) >= 11 is 0. The highest BCUT2D eigenvalue weighted by atomic mass is 19.1. The van der Waals surface area contributed by atoms with Crippen molar-refractivity contribution >= 4 is 11.7 Å². The van der Waals surface area contributed by atoms with E-state index in [0.717, 1.165) is 29.8 Å². The highest BCUT2D eigenvalue weighted by Crippen LogP contribution is 2.39. The lowest BCUT2D eigenvalue weighted by Gasteiger charge is -2.35. The molecule has 0 radical (unpaired) electrons. The number of nitrogens with one attached hydrogen (secondary N) is 1. The molecule has 1 aliphatic carbocycles. The summed E-state index contributed by atoms with van der Waals surface area (Å²) in [4.78, 5) is 25.9. The van der Waals surface area contributed by atoms with E-state index < -0.39 is 0 Å². The Morgan fingerprint density at radius 1 is 1.03 bits per heavy atom. The Morgan fingerprint density at radius 2 is 1.79 bits per heavy atom. The fourth-order valence-electron chi connectivity index (χ4n) is 4.06. The molecule has 172 valence electrons. The van der Waals surface area contributed by atoms with Crippen molar-refractivity contribution in [2.75, 3.05) is 31.1 Å². The predicted molar refractivity (Wildman–Crippen MR) is 122 cm³/mol. The smallest absolute Gasteiger partial charge is 0.272 e. The second-order valence-corrected chi connectivity index (χ2v) is 8.59. The van der Waals surface area contributed by atoms with Crippen LogP contribution in [-0.4, -0.2) is 62.3 Å². The predicted octanol–water partition coefficient (Wildman–Crippen LogP) is 3.50. The highest BCUT2D eigenvalue weighted by molar-refractivity contribution is 5.93. The van der Waals surface area contributed by atoms with Crippen molar-refractivity contribution in [1.29, 1.82) is 0 Å². The quantitative estimate of drug-likeness (QED) is 0.487. The molecule has 2 fully saturated rings. The molecular formula is C24H22FN7O2. The van der Waals surface area contributed by atoms with E-state index in [2.05, 4.69) is 30.2 Å². The molecule has 6 rings (SSSR count). The summed E-state index contributed by atoms with van der Waals surface area (Å²) in [6.45, 7) is 2.49. The number of carbonyl (C=O) groups is 1. The number of hydrogen-bond acceptors (Lipinski definition) is 7. The van der Waals surface area contributed by atoms with Crippen molar-refractivity contribution in [3.8, 4) is 22.6 Å². The number of carbonyl (C=O) groups excluding carboxylic acids is 1. The zero-order valence-electron chi connectivity index (χ0n) is 18.3. The number of nitrogens with zero attached hydrogens (tertiary/aromatic N) is 6. The summed E-state index contributed by atoms with van der Waals surface area (Å²) in [5.74, 6) is 2.13. The van der Waals surface area contributed by atoms with Crippen LogP contribution in [0.2, 0.25) is 0 Å². The van der Waals surface area contributed by atoms with E-state index in [9.17, 15) is 9.18 Å². The van der Waals surface area contributed by atoms with Gasteiger partial charge in [-0.05, 0) is 55.3 Å². The minimum atomic E-state index is -0.310. The lowest BCUT2D eigenvalue weighted by molar-refractivity contribution is 0.0740. The van der Waals surface area contributed by atoms with Crippen LogP contribution in [0.1, 0.15) is 35.1 Å². The van der Waals surface area contributed by atoms with Gasteiger partial charge in [-0.2, -0.15) is 10.1 Å². The lowest BCUT2D eigenvalue weighted by Crippen LogP contribution is -2.49. The number of rotatable bonds is 5. The van der Waals surface area contributed by atoms with Gasteiger partial charge in [-0.15, -0.1) is 0 Å². The second-order valence-electron chi connectivity index (χ2n) is 8.59. The van der Waals surface area contributed by atoms with Crippen LogP contribution < -0.4 is 4.90 Å². The average molecular weight is 459 g/mol. The van der Waals surface area contributed by atoms with Crippen molar-refractivity contribution in [3.63, 3.8) is 0 Å². The standard InChI is InChI=1S/C24H22FN7O2/c25-18-6-3-15(4-7-18)19-13-20(29-28-19)24(33)32-11-9-31(10-12-32)21-8-5-17(14-26-21)22-27-23(34-30-22)16-1-2-16/h3-8,13-14,16H,1-2,9-12H2,(H,28,29). The zero-order chi connectivity index (χ0) is 23.1. The number of piperazine rings is 1. The van der Waals surface area contributed by atoms with Crippen molar-refractivity contribution < 1.29 is 13.7 Å². The molecule has 0 spiro atoms. The van der Waals surface area contributed by atoms with Gasteiger partial charge in [0.25, 0.3) is 5.91 Å². The molecule has 0 unspecified atom stereocenters. The van der Waals surface area contributed by atoms with Gasteiger partial charge in [0.2, 0.25) is 11.7 Å². The Labute approximate surface area is 194 Å². The summed E-state index contributed by atoms with van der Waals surface area (Å²) in [7, 11) is 0. The first-order valence-electron chi connectivity index (χ1n) is 11.3. The second kappa shape index (κ2) is 8.36. The number of benzene rings is 1. The van der Waals surface area contributed by atoms with Gasteiger partial charge in [0.15, 0.2) is 0 Å². The fourth-order valence-corrected chi connectivity index (χ4v) is 4.06. The topological polar surface area (TPSA) is 104 Å². The molecule has 34 heavy (non-hydrogen) atoms. The molecule has 3 aromatic heterocycles. The summed E-state index contributed by atoms with van der Waals surface area (Å²) in [6.07, 6.45) is 3.99. The fraction of sp³-hybridized carbons (Fsp3) is 0.292. The molecule has 1 amide bonds. The number of anilines is 1. The Hall–Kier alpha value is -4.08. The van der Waals surface area contributed by atoms with Crippen LogP contribution in [0.5, 0.6) is 0 Å². The number of hydrogen-bond donors (Lipinski definition) is 1. The van der Waals surface area contributed by atoms with E-state index in [1.54, 1.807) is 29.3 Å². The van der Waals surface area contributed by atoms with Crippen molar-refractivity contribution in [2.45, 2.75) is 18.8 Å². The van der Waals surface area contributed by atoms with Crippen LogP contribution in [0.25, 0.3) is 22.6 Å². The van der Waals surface area contributed by atoms with Gasteiger partial charge >= 0.3 is 0 Å².